The molecule has 0 aromatic heterocycles. The van der Waals surface area contributed by atoms with Crippen molar-refractivity contribution in [3.63, 3.8) is 0 Å². The second-order valence-electron chi connectivity index (χ2n) is 7.33. The molecule has 31 heavy (non-hydrogen) atoms. The van der Waals surface area contributed by atoms with Gasteiger partial charge in [0.05, 0.1) is 14.8 Å². The highest BCUT2D eigenvalue weighted by molar-refractivity contribution is 7.73. The molecule has 0 atom stereocenters. The Balaban J connectivity index is 1.37. The Morgan fingerprint density at radius 3 is 1.26 bits per heavy atom. The minimum atomic E-state index is -0.765. The molecule has 4 aromatic carbocycles. The molecule has 0 aliphatic carbocycles. The zero-order valence-corrected chi connectivity index (χ0v) is 19.5. The van der Waals surface area contributed by atoms with Crippen molar-refractivity contribution >= 4 is 37.3 Å². The predicted molar refractivity (Wildman–Crippen MR) is 138 cm³/mol. The first kappa shape index (κ1) is 21.9. The van der Waals surface area contributed by atoms with Gasteiger partial charge in [-0.25, -0.2) is 0 Å². The van der Waals surface area contributed by atoms with Gasteiger partial charge in [-0.1, -0.05) is 121 Å². The molecule has 156 valence electrons. The van der Waals surface area contributed by atoms with Crippen LogP contribution in [0.5, 0.6) is 0 Å². The maximum Gasteiger partial charge on any atom is 0.0917 e. The highest BCUT2D eigenvalue weighted by Crippen LogP contribution is 2.37. The third-order valence-electron chi connectivity index (χ3n) is 5.11. The van der Waals surface area contributed by atoms with Gasteiger partial charge in [0.2, 0.25) is 0 Å². The van der Waals surface area contributed by atoms with Gasteiger partial charge in [0.1, 0.15) is 0 Å². The van der Waals surface area contributed by atoms with E-state index in [1.165, 1.54) is 33.8 Å². The molecule has 0 spiro atoms. The third-order valence-corrected chi connectivity index (χ3v) is 9.70. The van der Waals surface area contributed by atoms with E-state index in [1.54, 1.807) is 0 Å². The molecule has 0 N–H and O–H groups in total. The lowest BCUT2D eigenvalue weighted by atomic mass is 10.3. The van der Waals surface area contributed by atoms with Crippen LogP contribution in [0.2, 0.25) is 0 Å². The van der Waals surface area contributed by atoms with Gasteiger partial charge in [-0.15, -0.1) is 0 Å². The summed E-state index contributed by atoms with van der Waals surface area (Å²) in [6, 6.07) is 43.2. The third kappa shape index (κ3) is 6.34. The van der Waals surface area contributed by atoms with E-state index >= 15 is 0 Å². The van der Waals surface area contributed by atoms with Crippen molar-refractivity contribution in [2.45, 2.75) is 12.8 Å². The van der Waals surface area contributed by atoms with Crippen molar-refractivity contribution in [3.8, 4) is 0 Å². The molecule has 0 saturated carbocycles. The van der Waals surface area contributed by atoms with Gasteiger partial charge >= 0.3 is 0 Å². The lowest BCUT2D eigenvalue weighted by molar-refractivity contribution is 0.351. The van der Waals surface area contributed by atoms with Gasteiger partial charge in [-0.2, -0.15) is 0 Å². The van der Waals surface area contributed by atoms with Crippen molar-refractivity contribution in [2.24, 2.45) is 0 Å². The monoisotopic (exact) mass is 442 g/mol. The van der Waals surface area contributed by atoms with Crippen molar-refractivity contribution in [3.05, 3.63) is 121 Å². The summed E-state index contributed by atoms with van der Waals surface area (Å²) in [5, 5.41) is 5.47. The highest BCUT2D eigenvalue weighted by atomic mass is 31.1. The Hall–Kier alpha value is -2.30. The van der Waals surface area contributed by atoms with E-state index in [9.17, 15) is 0 Å². The summed E-state index contributed by atoms with van der Waals surface area (Å²) in [4.78, 5) is 0. The molecule has 0 bridgehead atoms. The van der Waals surface area contributed by atoms with Crippen molar-refractivity contribution in [1.82, 2.24) is 0 Å². The molecular weight excluding hydrogens is 414 g/mol. The second kappa shape index (κ2) is 11.9. The minimum Gasteiger partial charge on any atom is -0.350 e. The molecule has 4 rings (SSSR count). The number of unbranched alkanes of at least 4 members (excludes halogenated alkanes) is 1. The van der Waals surface area contributed by atoms with E-state index in [0.717, 1.165) is 13.0 Å². The molecule has 0 amide bonds. The first-order chi connectivity index (χ1) is 15.4. The summed E-state index contributed by atoms with van der Waals surface area (Å²) < 4.78 is 6.48. The molecule has 1 nitrogen and oxygen atoms in total. The van der Waals surface area contributed by atoms with Gasteiger partial charge < -0.3 is 4.52 Å². The van der Waals surface area contributed by atoms with Gasteiger partial charge in [0.25, 0.3) is 0 Å². The molecule has 3 heteroatoms. The topological polar surface area (TPSA) is 9.23 Å². The Morgan fingerprint density at radius 2 is 0.839 bits per heavy atom. The second-order valence-corrected chi connectivity index (χ2v) is 11.5. The fraction of sp³-hybridized carbons (Fsp3) is 0.143. The van der Waals surface area contributed by atoms with Gasteiger partial charge in [0, 0.05) is 10.6 Å². The van der Waals surface area contributed by atoms with E-state index in [2.05, 4.69) is 121 Å². The van der Waals surface area contributed by atoms with Gasteiger partial charge in [0.15, 0.2) is 0 Å². The van der Waals surface area contributed by atoms with E-state index < -0.39 is 8.15 Å². The van der Waals surface area contributed by atoms with Crippen LogP contribution in [0.15, 0.2) is 121 Å². The van der Waals surface area contributed by atoms with Crippen LogP contribution in [0.25, 0.3) is 0 Å². The van der Waals surface area contributed by atoms with E-state index in [0.29, 0.717) is 0 Å². The number of benzene rings is 4. The summed E-state index contributed by atoms with van der Waals surface area (Å²) in [7, 11) is -1.09. The summed E-state index contributed by atoms with van der Waals surface area (Å²) in [5.74, 6) is 0. The molecule has 0 aliphatic rings. The fourth-order valence-electron chi connectivity index (χ4n) is 3.58. The largest absolute Gasteiger partial charge is 0.350 e. The van der Waals surface area contributed by atoms with Crippen molar-refractivity contribution in [1.29, 1.82) is 0 Å². The molecule has 0 unspecified atom stereocenters. The fourth-order valence-corrected chi connectivity index (χ4v) is 7.79. The summed E-state index contributed by atoms with van der Waals surface area (Å²) >= 11 is 0. The maximum absolute atomic E-state index is 6.48. The van der Waals surface area contributed by atoms with E-state index in [4.69, 9.17) is 4.52 Å². The first-order valence-electron chi connectivity index (χ1n) is 10.8. The molecule has 0 saturated heterocycles. The van der Waals surface area contributed by atoms with Crippen LogP contribution in [0.1, 0.15) is 12.8 Å². The van der Waals surface area contributed by atoms with Crippen LogP contribution in [0, 0.1) is 0 Å². The minimum absolute atomic E-state index is 0.321. The average molecular weight is 442 g/mol. The van der Waals surface area contributed by atoms with Gasteiger partial charge in [-0.05, 0) is 37.5 Å². The summed E-state index contributed by atoms with van der Waals surface area (Å²) in [5.41, 5.74) is 0. The predicted octanol–water partition coefficient (Wildman–Crippen LogP) is 5.96. The summed E-state index contributed by atoms with van der Waals surface area (Å²) in [6.45, 7) is 0.794. The molecule has 0 fully saturated rings. The Bertz CT molecular complexity index is 844. The SMILES string of the molecule is c1ccc(P(CCCCOP(c2ccccc2)c2ccccc2)c2ccccc2)cc1. The van der Waals surface area contributed by atoms with E-state index in [-0.39, 0.29) is 7.92 Å². The first-order valence-corrected chi connectivity index (χ1v) is 13.6. The standard InChI is InChI=1S/C28H28OP2/c1-5-15-25(16-6-1)30(26-17-7-2-8-18-26)24-14-13-23-29-31(27-19-9-3-10-20-27)28-21-11-4-12-22-28/h1-12,15-22H,13-14,23-24H2. The normalized spacial score (nSPS) is 11.2. The molecular formula is C28H28OP2. The molecule has 0 heterocycles. The number of rotatable bonds is 10. The van der Waals surface area contributed by atoms with Gasteiger partial charge in [-0.3, -0.25) is 0 Å². The Labute approximate surface area is 188 Å². The van der Waals surface area contributed by atoms with Crippen LogP contribution in [0.4, 0.5) is 0 Å². The maximum atomic E-state index is 6.48. The Kier molecular flexibility index (Phi) is 8.43. The molecule has 4 aromatic rings. The molecule has 0 aliphatic heterocycles. The van der Waals surface area contributed by atoms with Crippen molar-refractivity contribution in [2.75, 3.05) is 12.8 Å². The Morgan fingerprint density at radius 1 is 0.452 bits per heavy atom. The number of hydrogen-bond donors (Lipinski definition) is 0. The van der Waals surface area contributed by atoms with E-state index in [1.807, 2.05) is 0 Å². The quantitative estimate of drug-likeness (QED) is 0.217. The average Bonchev–Trinajstić information content (AvgIpc) is 2.86. The highest BCUT2D eigenvalue weighted by Gasteiger charge is 2.16. The van der Waals surface area contributed by atoms with Crippen LogP contribution in [0.3, 0.4) is 0 Å². The zero-order valence-electron chi connectivity index (χ0n) is 17.7. The van der Waals surface area contributed by atoms with Crippen LogP contribution in [-0.2, 0) is 4.52 Å². The summed E-state index contributed by atoms with van der Waals surface area (Å²) in [6.07, 6.45) is 3.45. The zero-order chi connectivity index (χ0) is 21.1. The van der Waals surface area contributed by atoms with Crippen LogP contribution in [-0.4, -0.2) is 12.8 Å². The lowest BCUT2D eigenvalue weighted by Crippen LogP contribution is -2.15. The van der Waals surface area contributed by atoms with Crippen molar-refractivity contribution < 1.29 is 4.52 Å². The number of hydrogen-bond acceptors (Lipinski definition) is 1. The van der Waals surface area contributed by atoms with Crippen LogP contribution >= 0.6 is 16.1 Å². The lowest BCUT2D eigenvalue weighted by Gasteiger charge is -2.20. The smallest absolute Gasteiger partial charge is 0.0917 e. The molecule has 0 radical (unpaired) electrons. The van der Waals surface area contributed by atoms with Crippen LogP contribution < -0.4 is 21.2 Å².